The molecule has 0 saturated carbocycles. The Bertz CT molecular complexity index is 1430. The highest BCUT2D eigenvalue weighted by atomic mass is 35.5. The number of nitrogens with one attached hydrogen (secondary N) is 1. The zero-order valence-electron chi connectivity index (χ0n) is 23.7. The Hall–Kier alpha value is -3.25. The Kier molecular flexibility index (Phi) is 9.26. The van der Waals surface area contributed by atoms with E-state index in [-0.39, 0.29) is 31.2 Å². The minimum Gasteiger partial charge on any atom is -0.493 e. The third-order valence-electron chi connectivity index (χ3n) is 8.14. The number of benzene rings is 2. The largest absolute Gasteiger partial charge is 0.493 e. The standard InChI is InChI=1S/C31H35ClF3N3O5/c1-42-26-15-21(16-27(39)40)7-8-25(26)43-22-10-13-37(14-11-22)19-30(41,31(33,34)35)24-18-38(17-20-5-3-2-4-6-20)28-23(24)9-12-36-29(28)32/h2-8,15,18,22,29,36,41H,9-14,16-17,19H2,1H3,(H,39,40). The van der Waals surface area contributed by atoms with Crippen molar-refractivity contribution < 1.29 is 37.7 Å². The number of carbonyl (C=O) groups is 1. The van der Waals surface area contributed by atoms with Crippen LogP contribution < -0.4 is 14.8 Å². The molecule has 3 aromatic rings. The van der Waals surface area contributed by atoms with Gasteiger partial charge in [0.2, 0.25) is 0 Å². The summed E-state index contributed by atoms with van der Waals surface area (Å²) in [5, 5.41) is 23.7. The maximum Gasteiger partial charge on any atom is 0.422 e. The zero-order chi connectivity index (χ0) is 30.8. The number of hydrogen-bond donors (Lipinski definition) is 3. The van der Waals surface area contributed by atoms with Crippen LogP contribution in [0.25, 0.3) is 0 Å². The summed E-state index contributed by atoms with van der Waals surface area (Å²) in [6, 6.07) is 14.3. The van der Waals surface area contributed by atoms with Crippen molar-refractivity contribution in [1.82, 2.24) is 14.8 Å². The zero-order valence-corrected chi connectivity index (χ0v) is 24.5. The number of β-amino-alcohol motifs (C(OH)–C–C–N with tert-alkyl or cyclic N) is 1. The van der Waals surface area contributed by atoms with Crippen molar-refractivity contribution in [3.8, 4) is 11.5 Å². The third-order valence-corrected chi connectivity index (χ3v) is 8.50. The van der Waals surface area contributed by atoms with E-state index >= 15 is 0 Å². The van der Waals surface area contributed by atoms with Gasteiger partial charge in [-0.1, -0.05) is 48.0 Å². The van der Waals surface area contributed by atoms with Gasteiger partial charge in [0, 0.05) is 44.5 Å². The van der Waals surface area contributed by atoms with Crippen molar-refractivity contribution >= 4 is 17.6 Å². The van der Waals surface area contributed by atoms with E-state index in [1.807, 2.05) is 30.3 Å². The van der Waals surface area contributed by atoms with Crippen molar-refractivity contribution in [2.75, 3.05) is 33.3 Å². The SMILES string of the molecule is COc1cc(CC(=O)O)ccc1OC1CCN(CC(O)(c2cn(Cc3ccccc3)c3c2CCNC3Cl)C(F)(F)F)CC1. The molecule has 2 unspecified atom stereocenters. The summed E-state index contributed by atoms with van der Waals surface area (Å²) in [5.41, 5.74) is -1.47. The molecule has 1 aromatic heterocycles. The average Bonchev–Trinajstić information content (AvgIpc) is 3.34. The Morgan fingerprint density at radius 1 is 1.09 bits per heavy atom. The van der Waals surface area contributed by atoms with E-state index in [1.54, 1.807) is 27.7 Å². The van der Waals surface area contributed by atoms with Crippen molar-refractivity contribution in [3.05, 3.63) is 82.7 Å². The van der Waals surface area contributed by atoms with Crippen LogP contribution in [0, 0.1) is 0 Å². The summed E-state index contributed by atoms with van der Waals surface area (Å²) in [5.74, 6) is -0.128. The lowest BCUT2D eigenvalue weighted by atomic mass is 9.88. The molecule has 0 spiro atoms. The maximum atomic E-state index is 14.8. The number of aromatic nitrogens is 1. The Morgan fingerprint density at radius 3 is 2.47 bits per heavy atom. The smallest absolute Gasteiger partial charge is 0.422 e. The van der Waals surface area contributed by atoms with E-state index < -0.39 is 29.8 Å². The number of methoxy groups -OCH3 is 1. The monoisotopic (exact) mass is 621 g/mol. The molecule has 2 aliphatic heterocycles. The molecule has 8 nitrogen and oxygen atoms in total. The first kappa shape index (κ1) is 31.2. The van der Waals surface area contributed by atoms with Gasteiger partial charge < -0.3 is 24.3 Å². The Morgan fingerprint density at radius 2 is 1.81 bits per heavy atom. The van der Waals surface area contributed by atoms with Crippen LogP contribution in [0.3, 0.4) is 0 Å². The van der Waals surface area contributed by atoms with Crippen molar-refractivity contribution in [2.24, 2.45) is 0 Å². The number of aliphatic carboxylic acids is 1. The van der Waals surface area contributed by atoms with Crippen LogP contribution in [0.4, 0.5) is 13.2 Å². The molecule has 0 aliphatic carbocycles. The van der Waals surface area contributed by atoms with Gasteiger partial charge in [-0.3, -0.25) is 15.0 Å². The number of ether oxygens (including phenoxy) is 2. The fraction of sp³-hybridized carbons (Fsp3) is 0.452. The van der Waals surface area contributed by atoms with Crippen molar-refractivity contribution in [1.29, 1.82) is 0 Å². The molecule has 1 saturated heterocycles. The first-order chi connectivity index (χ1) is 20.5. The molecule has 0 radical (unpaired) electrons. The normalized spacial score (nSPS) is 19.4. The molecule has 3 heterocycles. The fourth-order valence-corrected chi connectivity index (χ4v) is 6.34. The van der Waals surface area contributed by atoms with E-state index in [0.717, 1.165) is 5.56 Å². The summed E-state index contributed by atoms with van der Waals surface area (Å²) in [7, 11) is 1.46. The average molecular weight is 622 g/mol. The van der Waals surface area contributed by atoms with E-state index in [9.17, 15) is 23.1 Å². The third kappa shape index (κ3) is 6.80. The molecule has 3 N–H and O–H groups in total. The Balaban J connectivity index is 1.33. The predicted octanol–water partition coefficient (Wildman–Crippen LogP) is 4.85. The summed E-state index contributed by atoms with van der Waals surface area (Å²) in [6.07, 6.45) is -2.75. The number of carboxylic acids is 1. The lowest BCUT2D eigenvalue weighted by Crippen LogP contribution is -2.53. The minimum atomic E-state index is -4.93. The van der Waals surface area contributed by atoms with Gasteiger partial charge in [0.15, 0.2) is 17.1 Å². The highest BCUT2D eigenvalue weighted by Gasteiger charge is 2.57. The fourth-order valence-electron chi connectivity index (χ4n) is 5.97. The lowest BCUT2D eigenvalue weighted by Gasteiger charge is -2.39. The highest BCUT2D eigenvalue weighted by Crippen LogP contribution is 2.45. The second-order valence-electron chi connectivity index (χ2n) is 11.1. The van der Waals surface area contributed by atoms with Gasteiger partial charge in [0.1, 0.15) is 11.6 Å². The highest BCUT2D eigenvalue weighted by molar-refractivity contribution is 6.20. The molecular weight excluding hydrogens is 587 g/mol. The summed E-state index contributed by atoms with van der Waals surface area (Å²) in [6.45, 7) is 0.690. The van der Waals surface area contributed by atoms with Crippen molar-refractivity contribution in [2.45, 2.75) is 55.6 Å². The molecule has 43 heavy (non-hydrogen) atoms. The number of fused-ring (bicyclic) bond motifs is 1. The number of hydrogen-bond acceptors (Lipinski definition) is 6. The van der Waals surface area contributed by atoms with Gasteiger partial charge in [-0.2, -0.15) is 13.2 Å². The molecule has 5 rings (SSSR count). The number of aliphatic hydroxyl groups is 1. The van der Waals surface area contributed by atoms with Gasteiger partial charge in [-0.05, 0) is 48.1 Å². The molecule has 2 atom stereocenters. The van der Waals surface area contributed by atoms with Gasteiger partial charge in [-0.15, -0.1) is 0 Å². The predicted molar refractivity (Wildman–Crippen MR) is 155 cm³/mol. The van der Waals surface area contributed by atoms with Gasteiger partial charge in [0.05, 0.1) is 19.2 Å². The van der Waals surface area contributed by atoms with Crippen molar-refractivity contribution in [3.63, 3.8) is 0 Å². The maximum absolute atomic E-state index is 14.8. The number of piperidine rings is 1. The summed E-state index contributed by atoms with van der Waals surface area (Å²) in [4.78, 5) is 12.7. The molecule has 2 aromatic carbocycles. The van der Waals surface area contributed by atoms with E-state index in [0.29, 0.717) is 60.7 Å². The Labute approximate surface area is 253 Å². The molecule has 232 valence electrons. The number of carboxylic acid groups (broad SMARTS) is 1. The summed E-state index contributed by atoms with van der Waals surface area (Å²) < 4.78 is 57.6. The second kappa shape index (κ2) is 12.8. The molecule has 2 aliphatic rings. The first-order valence-electron chi connectivity index (χ1n) is 14.2. The number of likely N-dealkylation sites (tertiary alicyclic amines) is 1. The molecule has 0 bridgehead atoms. The minimum absolute atomic E-state index is 0.150. The topological polar surface area (TPSA) is 96.2 Å². The van der Waals surface area contributed by atoms with E-state index in [4.69, 9.17) is 26.2 Å². The number of rotatable bonds is 10. The van der Waals surface area contributed by atoms with Crippen LogP contribution in [0.2, 0.25) is 0 Å². The van der Waals surface area contributed by atoms with E-state index in [1.165, 1.54) is 13.3 Å². The first-order valence-corrected chi connectivity index (χ1v) is 14.6. The van der Waals surface area contributed by atoms with Gasteiger partial charge in [0.25, 0.3) is 0 Å². The van der Waals surface area contributed by atoms with Crippen LogP contribution in [0.5, 0.6) is 11.5 Å². The van der Waals surface area contributed by atoms with Gasteiger partial charge in [-0.25, -0.2) is 0 Å². The molecule has 0 amide bonds. The number of nitrogens with zero attached hydrogens (tertiary/aromatic N) is 2. The molecule has 12 heteroatoms. The molecule has 1 fully saturated rings. The van der Waals surface area contributed by atoms with Crippen LogP contribution in [0.15, 0.2) is 54.7 Å². The second-order valence-corrected chi connectivity index (χ2v) is 11.5. The molecular formula is C31H35ClF3N3O5. The quantitative estimate of drug-likeness (QED) is 0.220. The lowest BCUT2D eigenvalue weighted by molar-refractivity contribution is -0.272. The van der Waals surface area contributed by atoms with Crippen LogP contribution in [0.1, 0.15) is 46.3 Å². The summed E-state index contributed by atoms with van der Waals surface area (Å²) >= 11 is 6.57. The van der Waals surface area contributed by atoms with Gasteiger partial charge >= 0.3 is 12.1 Å². The van der Waals surface area contributed by atoms with E-state index in [2.05, 4.69) is 5.32 Å². The van der Waals surface area contributed by atoms with Crippen LogP contribution in [-0.2, 0) is 29.8 Å². The number of halogens is 4. The number of alkyl halides is 4. The van der Waals surface area contributed by atoms with Crippen LogP contribution in [-0.4, -0.2) is 71.2 Å². The van der Waals surface area contributed by atoms with Crippen LogP contribution >= 0.6 is 11.6 Å².